The summed E-state index contributed by atoms with van der Waals surface area (Å²) in [5, 5.41) is 16.1. The third-order valence-electron chi connectivity index (χ3n) is 1.94. The number of rotatable bonds is 3. The molecule has 0 saturated carbocycles. The Kier molecular flexibility index (Phi) is 3.06. The fourth-order valence-electron chi connectivity index (χ4n) is 1.27. The fourth-order valence-corrected chi connectivity index (χ4v) is 1.27. The van der Waals surface area contributed by atoms with Gasteiger partial charge in [0.05, 0.1) is 11.4 Å². The van der Waals surface area contributed by atoms with Gasteiger partial charge in [0.15, 0.2) is 0 Å². The predicted octanol–water partition coefficient (Wildman–Crippen LogP) is 1.80. The van der Waals surface area contributed by atoms with Crippen LogP contribution in [-0.2, 0) is 6.54 Å². The molecule has 0 spiro atoms. The molecule has 0 aliphatic carbocycles. The Morgan fingerprint density at radius 3 is 2.92 bits per heavy atom. The van der Waals surface area contributed by atoms with Crippen LogP contribution in [0.1, 0.15) is 31.5 Å². The normalized spacial score (nSPS) is 12.1. The highest BCUT2D eigenvalue weighted by Gasteiger charge is 2.07. The van der Waals surface area contributed by atoms with Gasteiger partial charge in [-0.25, -0.2) is 0 Å². The predicted molar refractivity (Wildman–Crippen MR) is 51.3 cm³/mol. The average molecular weight is 181 g/mol. The number of aromatic nitrogens is 2. The highest BCUT2D eigenvalue weighted by atomic mass is 16.4. The molecule has 1 N–H and O–H groups in total. The standard InChI is InChI=1S/C9H15N3O/c1-4-5-12-6-9(7(2)10-12)8(3)11-13/h6,13H,4-5H2,1-3H3/b11-8-. The molecule has 0 saturated heterocycles. The second kappa shape index (κ2) is 4.07. The van der Waals surface area contributed by atoms with Crippen molar-refractivity contribution in [2.24, 2.45) is 5.16 Å². The van der Waals surface area contributed by atoms with Gasteiger partial charge in [-0.1, -0.05) is 12.1 Å². The summed E-state index contributed by atoms with van der Waals surface area (Å²) in [6.07, 6.45) is 2.96. The van der Waals surface area contributed by atoms with Crippen molar-refractivity contribution in [1.82, 2.24) is 9.78 Å². The summed E-state index contributed by atoms with van der Waals surface area (Å²) in [5.41, 5.74) is 2.43. The molecule has 0 radical (unpaired) electrons. The Hall–Kier alpha value is -1.32. The first-order chi connectivity index (χ1) is 6.19. The van der Waals surface area contributed by atoms with Crippen LogP contribution in [0.15, 0.2) is 11.4 Å². The van der Waals surface area contributed by atoms with E-state index in [9.17, 15) is 0 Å². The first kappa shape index (κ1) is 9.77. The zero-order chi connectivity index (χ0) is 9.84. The maximum absolute atomic E-state index is 8.60. The molecule has 4 heteroatoms. The van der Waals surface area contributed by atoms with Crippen molar-refractivity contribution in [3.63, 3.8) is 0 Å². The van der Waals surface area contributed by atoms with Gasteiger partial charge in [-0.3, -0.25) is 4.68 Å². The number of oxime groups is 1. The van der Waals surface area contributed by atoms with Gasteiger partial charge in [0.25, 0.3) is 0 Å². The molecule has 72 valence electrons. The number of nitrogens with zero attached hydrogens (tertiary/aromatic N) is 3. The lowest BCUT2D eigenvalue weighted by Crippen LogP contribution is -1.96. The highest BCUT2D eigenvalue weighted by molar-refractivity contribution is 5.98. The van der Waals surface area contributed by atoms with E-state index in [1.165, 1.54) is 0 Å². The van der Waals surface area contributed by atoms with E-state index in [2.05, 4.69) is 17.2 Å². The molecule has 13 heavy (non-hydrogen) atoms. The Morgan fingerprint density at radius 1 is 1.69 bits per heavy atom. The summed E-state index contributed by atoms with van der Waals surface area (Å²) < 4.78 is 1.87. The minimum atomic E-state index is 0.611. The average Bonchev–Trinajstić information content (AvgIpc) is 2.46. The molecule has 0 fully saturated rings. The van der Waals surface area contributed by atoms with Gasteiger partial charge in [0, 0.05) is 18.3 Å². The topological polar surface area (TPSA) is 50.4 Å². The summed E-state index contributed by atoms with van der Waals surface area (Å²) in [6, 6.07) is 0. The summed E-state index contributed by atoms with van der Waals surface area (Å²) in [6.45, 7) is 6.68. The lowest BCUT2D eigenvalue weighted by Gasteiger charge is -1.94. The van der Waals surface area contributed by atoms with Gasteiger partial charge >= 0.3 is 0 Å². The molecule has 0 unspecified atom stereocenters. The van der Waals surface area contributed by atoms with Gasteiger partial charge in [-0.2, -0.15) is 5.10 Å². The molecule has 1 rings (SSSR count). The van der Waals surface area contributed by atoms with Gasteiger partial charge in [0.1, 0.15) is 0 Å². The van der Waals surface area contributed by atoms with Gasteiger partial charge in [-0.15, -0.1) is 0 Å². The smallest absolute Gasteiger partial charge is 0.0871 e. The number of hydrogen-bond donors (Lipinski definition) is 1. The first-order valence-corrected chi connectivity index (χ1v) is 4.42. The summed E-state index contributed by atoms with van der Waals surface area (Å²) >= 11 is 0. The molecule has 0 amide bonds. The molecule has 0 atom stereocenters. The van der Waals surface area contributed by atoms with E-state index in [-0.39, 0.29) is 0 Å². The van der Waals surface area contributed by atoms with Crippen molar-refractivity contribution in [1.29, 1.82) is 0 Å². The van der Waals surface area contributed by atoms with Crippen LogP contribution in [0.4, 0.5) is 0 Å². The van der Waals surface area contributed by atoms with E-state index in [1.54, 1.807) is 6.92 Å². The van der Waals surface area contributed by atoms with Crippen molar-refractivity contribution in [3.8, 4) is 0 Å². The van der Waals surface area contributed by atoms with E-state index >= 15 is 0 Å². The van der Waals surface area contributed by atoms with Crippen molar-refractivity contribution in [3.05, 3.63) is 17.5 Å². The van der Waals surface area contributed by atoms with Crippen LogP contribution in [0, 0.1) is 6.92 Å². The zero-order valence-electron chi connectivity index (χ0n) is 8.28. The molecule has 0 bridgehead atoms. The Labute approximate surface area is 77.9 Å². The maximum atomic E-state index is 8.60. The first-order valence-electron chi connectivity index (χ1n) is 4.42. The summed E-state index contributed by atoms with van der Waals surface area (Å²) in [5.74, 6) is 0. The molecule has 0 aliphatic heterocycles. The SMILES string of the molecule is CCCn1cc(/C(C)=N\O)c(C)n1. The van der Waals surface area contributed by atoms with Gasteiger partial charge in [0.2, 0.25) is 0 Å². The fraction of sp³-hybridized carbons (Fsp3) is 0.556. The molecule has 1 heterocycles. The quantitative estimate of drug-likeness (QED) is 0.439. The zero-order valence-corrected chi connectivity index (χ0v) is 8.28. The Balaban J connectivity index is 2.96. The van der Waals surface area contributed by atoms with Crippen LogP contribution >= 0.6 is 0 Å². The van der Waals surface area contributed by atoms with Crippen molar-refractivity contribution < 1.29 is 5.21 Å². The van der Waals surface area contributed by atoms with Crippen molar-refractivity contribution in [2.45, 2.75) is 33.7 Å². The van der Waals surface area contributed by atoms with E-state index in [0.717, 1.165) is 24.2 Å². The van der Waals surface area contributed by atoms with E-state index < -0.39 is 0 Å². The van der Waals surface area contributed by atoms with Crippen LogP contribution in [-0.4, -0.2) is 20.7 Å². The molecular formula is C9H15N3O. The minimum absolute atomic E-state index is 0.611. The highest BCUT2D eigenvalue weighted by Crippen LogP contribution is 2.07. The van der Waals surface area contributed by atoms with Crippen LogP contribution in [0.5, 0.6) is 0 Å². The molecule has 1 aromatic heterocycles. The molecule has 1 aromatic rings. The lowest BCUT2D eigenvalue weighted by molar-refractivity contribution is 0.319. The third-order valence-corrected chi connectivity index (χ3v) is 1.94. The molecule has 4 nitrogen and oxygen atoms in total. The molecule has 0 aromatic carbocycles. The van der Waals surface area contributed by atoms with Crippen LogP contribution in [0.3, 0.4) is 0 Å². The molecular weight excluding hydrogens is 166 g/mol. The minimum Gasteiger partial charge on any atom is -0.411 e. The second-order valence-electron chi connectivity index (χ2n) is 3.08. The largest absolute Gasteiger partial charge is 0.411 e. The third kappa shape index (κ3) is 2.08. The molecule has 0 aliphatic rings. The number of hydrogen-bond acceptors (Lipinski definition) is 3. The maximum Gasteiger partial charge on any atom is 0.0871 e. The van der Waals surface area contributed by atoms with E-state index in [4.69, 9.17) is 5.21 Å². The monoisotopic (exact) mass is 181 g/mol. The van der Waals surface area contributed by atoms with Crippen LogP contribution in [0.2, 0.25) is 0 Å². The van der Waals surface area contributed by atoms with Crippen molar-refractivity contribution in [2.75, 3.05) is 0 Å². The van der Waals surface area contributed by atoms with Crippen LogP contribution in [0.25, 0.3) is 0 Å². The van der Waals surface area contributed by atoms with Crippen LogP contribution < -0.4 is 0 Å². The van der Waals surface area contributed by atoms with Gasteiger partial charge < -0.3 is 5.21 Å². The van der Waals surface area contributed by atoms with E-state index in [1.807, 2.05) is 17.8 Å². The Bertz CT molecular complexity index is 315. The Morgan fingerprint density at radius 2 is 2.38 bits per heavy atom. The van der Waals surface area contributed by atoms with Gasteiger partial charge in [-0.05, 0) is 20.3 Å². The lowest BCUT2D eigenvalue weighted by atomic mass is 10.2. The van der Waals surface area contributed by atoms with Crippen molar-refractivity contribution >= 4 is 5.71 Å². The second-order valence-corrected chi connectivity index (χ2v) is 3.08. The summed E-state index contributed by atoms with van der Waals surface area (Å²) in [7, 11) is 0. The summed E-state index contributed by atoms with van der Waals surface area (Å²) in [4.78, 5) is 0. The number of aryl methyl sites for hydroxylation is 2. The van der Waals surface area contributed by atoms with E-state index in [0.29, 0.717) is 5.71 Å².